The van der Waals surface area contributed by atoms with Gasteiger partial charge < -0.3 is 4.74 Å². The van der Waals surface area contributed by atoms with Gasteiger partial charge in [0.15, 0.2) is 0 Å². The summed E-state index contributed by atoms with van der Waals surface area (Å²) >= 11 is 0. The normalized spacial score (nSPS) is 8.00. The molecule has 0 bridgehead atoms. The van der Waals surface area contributed by atoms with Gasteiger partial charge in [-0.25, -0.2) is 7.11 Å². The summed E-state index contributed by atoms with van der Waals surface area (Å²) in [6.45, 7) is 3.88. The van der Waals surface area contributed by atoms with Gasteiger partial charge in [0.05, 0.1) is 0 Å². The molecule has 0 aromatic carbocycles. The maximum Gasteiger partial charge on any atom is 0.0170 e. The van der Waals surface area contributed by atoms with Crippen molar-refractivity contribution >= 4 is 0 Å². The fourth-order valence-electron chi connectivity index (χ4n) is 0. The van der Waals surface area contributed by atoms with Crippen molar-refractivity contribution in [1.29, 1.82) is 0 Å². The molecule has 0 heterocycles. The van der Waals surface area contributed by atoms with E-state index >= 15 is 0 Å². The van der Waals surface area contributed by atoms with E-state index in [0.29, 0.717) is 0 Å². The van der Waals surface area contributed by atoms with Crippen LogP contribution < -0.4 is 0 Å². The maximum atomic E-state index is 4.50. The van der Waals surface area contributed by atoms with Crippen LogP contribution in [0.2, 0.25) is 0 Å². The zero-order chi connectivity index (χ0) is 4.28. The molecule has 0 spiro atoms. The average molecular weight is 162 g/mol. The minimum absolute atomic E-state index is 0. The van der Waals surface area contributed by atoms with Gasteiger partial charge in [0.25, 0.3) is 0 Å². The van der Waals surface area contributed by atoms with Crippen molar-refractivity contribution in [3.05, 3.63) is 7.11 Å². The van der Waals surface area contributed by atoms with Crippen LogP contribution in [0.25, 0.3) is 0 Å². The Morgan fingerprint density at radius 3 is 1.67 bits per heavy atom. The van der Waals surface area contributed by atoms with Crippen LogP contribution in [0.3, 0.4) is 0 Å². The Morgan fingerprint density at radius 1 is 1.50 bits per heavy atom. The van der Waals surface area contributed by atoms with Gasteiger partial charge in [-0.2, -0.15) is 0 Å². The van der Waals surface area contributed by atoms with E-state index in [2.05, 4.69) is 11.8 Å². The molecule has 1 radical (unpaired) electrons. The van der Waals surface area contributed by atoms with Crippen molar-refractivity contribution in [2.75, 3.05) is 0 Å². The third-order valence-electron chi connectivity index (χ3n) is 0.333. The van der Waals surface area contributed by atoms with E-state index in [4.69, 9.17) is 0 Å². The monoisotopic (exact) mass is 162 g/mol. The van der Waals surface area contributed by atoms with Crippen LogP contribution in [-0.4, -0.2) is 6.10 Å². The second-order valence-corrected chi connectivity index (χ2v) is 1.22. The molecule has 2 heteroatoms. The Kier molecular flexibility index (Phi) is 10.2. The summed E-state index contributed by atoms with van der Waals surface area (Å²) in [6, 6.07) is 0. The average Bonchev–Trinajstić information content (AvgIpc) is 1.38. The largest absolute Gasteiger partial charge is 0.553 e. The predicted molar refractivity (Wildman–Crippen MR) is 21.6 cm³/mol. The molecule has 0 aromatic rings. The van der Waals surface area contributed by atoms with Crippen LogP contribution in [0.5, 0.6) is 0 Å². The third-order valence-corrected chi connectivity index (χ3v) is 0.333. The van der Waals surface area contributed by atoms with Crippen molar-refractivity contribution in [1.82, 2.24) is 0 Å². The Morgan fingerprint density at radius 2 is 1.67 bits per heavy atom. The zero-order valence-electron chi connectivity index (χ0n) is 4.27. The van der Waals surface area contributed by atoms with Crippen LogP contribution in [0.1, 0.15) is 13.8 Å². The van der Waals surface area contributed by atoms with Gasteiger partial charge in [-0.05, 0) is 13.8 Å². The van der Waals surface area contributed by atoms with Gasteiger partial charge in [-0.15, -0.1) is 0 Å². The van der Waals surface area contributed by atoms with Crippen molar-refractivity contribution in [2.24, 2.45) is 0 Å². The molecule has 0 aromatic heterocycles. The maximum absolute atomic E-state index is 4.50. The number of hydrogen-bond donors (Lipinski definition) is 0. The molecule has 6 heavy (non-hydrogen) atoms. The molecule has 1 nitrogen and oxygen atoms in total. The second kappa shape index (κ2) is 6.06. The minimum Gasteiger partial charge on any atom is -0.553 e. The molecule has 0 saturated carbocycles. The molecule has 35 valence electrons. The summed E-state index contributed by atoms with van der Waals surface area (Å²) in [5.74, 6) is 0. The molecular formula is C4H9OY-. The van der Waals surface area contributed by atoms with Crippen LogP contribution in [-0.2, 0) is 37.4 Å². The van der Waals surface area contributed by atoms with Gasteiger partial charge >= 0.3 is 0 Å². The molecule has 0 aliphatic rings. The summed E-state index contributed by atoms with van der Waals surface area (Å²) in [6.07, 6.45) is 0.273. The third kappa shape index (κ3) is 8.91. The van der Waals surface area contributed by atoms with Crippen LogP contribution in [0.4, 0.5) is 0 Å². The van der Waals surface area contributed by atoms with Gasteiger partial charge in [0, 0.05) is 38.8 Å². The first-order valence-corrected chi connectivity index (χ1v) is 1.68. The second-order valence-electron chi connectivity index (χ2n) is 1.22. The summed E-state index contributed by atoms with van der Waals surface area (Å²) < 4.78 is 4.50. The smallest absolute Gasteiger partial charge is 0.0170 e. The van der Waals surface area contributed by atoms with E-state index in [0.717, 1.165) is 0 Å². The molecule has 0 unspecified atom stereocenters. The van der Waals surface area contributed by atoms with Crippen LogP contribution in [0.15, 0.2) is 0 Å². The molecule has 0 fully saturated rings. The van der Waals surface area contributed by atoms with Crippen LogP contribution >= 0.6 is 0 Å². The first kappa shape index (κ1) is 10.1. The van der Waals surface area contributed by atoms with Crippen molar-refractivity contribution in [2.45, 2.75) is 20.0 Å². The number of hydrogen-bond acceptors (Lipinski definition) is 1. The number of ether oxygens (including phenoxy) is 1. The molecule has 0 amide bonds. The quantitative estimate of drug-likeness (QED) is 0.526. The summed E-state index contributed by atoms with van der Waals surface area (Å²) in [7, 11) is 3.19. The fourth-order valence-corrected chi connectivity index (χ4v) is 0. The summed E-state index contributed by atoms with van der Waals surface area (Å²) in [5.41, 5.74) is 0. The van der Waals surface area contributed by atoms with E-state index in [1.54, 1.807) is 0 Å². The fraction of sp³-hybridized carbons (Fsp3) is 0.750. The Bertz CT molecular complexity index is 21.5. The Labute approximate surface area is 64.3 Å². The molecule has 0 aliphatic heterocycles. The first-order chi connectivity index (χ1) is 2.27. The predicted octanol–water partition coefficient (Wildman–Crippen LogP) is 1.20. The topological polar surface area (TPSA) is 9.23 Å². The molecule has 0 N–H and O–H groups in total. The van der Waals surface area contributed by atoms with Crippen molar-refractivity contribution in [3.8, 4) is 0 Å². The molecular weight excluding hydrogens is 153 g/mol. The van der Waals surface area contributed by atoms with E-state index in [-0.39, 0.29) is 38.8 Å². The molecule has 0 atom stereocenters. The molecule has 0 rings (SSSR count). The van der Waals surface area contributed by atoms with E-state index in [1.807, 2.05) is 13.8 Å². The van der Waals surface area contributed by atoms with Crippen molar-refractivity contribution in [3.63, 3.8) is 0 Å². The SMILES string of the molecule is [CH2-]OC(C)C.[Y]. The first-order valence-electron chi connectivity index (χ1n) is 1.68. The Balaban J connectivity index is 0. The molecule has 0 aliphatic carbocycles. The van der Waals surface area contributed by atoms with E-state index in [1.165, 1.54) is 0 Å². The van der Waals surface area contributed by atoms with Gasteiger partial charge in [0.1, 0.15) is 0 Å². The standard InChI is InChI=1S/C4H9O.Y/c1-4(2)5-3;/h4H,3H2,1-2H3;/q-1;. The van der Waals surface area contributed by atoms with E-state index < -0.39 is 0 Å². The van der Waals surface area contributed by atoms with Gasteiger partial charge in [-0.1, -0.05) is 0 Å². The summed E-state index contributed by atoms with van der Waals surface area (Å²) in [5, 5.41) is 0. The summed E-state index contributed by atoms with van der Waals surface area (Å²) in [4.78, 5) is 0. The van der Waals surface area contributed by atoms with E-state index in [9.17, 15) is 0 Å². The number of rotatable bonds is 1. The zero-order valence-corrected chi connectivity index (χ0v) is 7.11. The molecule has 0 saturated heterocycles. The van der Waals surface area contributed by atoms with Gasteiger partial charge in [-0.3, -0.25) is 0 Å². The van der Waals surface area contributed by atoms with Gasteiger partial charge in [0.2, 0.25) is 0 Å². The van der Waals surface area contributed by atoms with Crippen molar-refractivity contribution < 1.29 is 37.4 Å². The minimum atomic E-state index is 0. The Hall–Kier alpha value is 1.06. The van der Waals surface area contributed by atoms with Crippen LogP contribution in [0, 0.1) is 7.11 Å².